The number of carbonyl (C=O) groups is 3. The van der Waals surface area contributed by atoms with E-state index in [0.717, 1.165) is 0 Å². The maximum Gasteiger partial charge on any atom is 0.409 e. The van der Waals surface area contributed by atoms with Crippen molar-refractivity contribution in [2.24, 2.45) is 0 Å². The largest absolute Gasteiger partial charge is 0.497 e. The molecule has 0 radical (unpaired) electrons. The predicted octanol–water partition coefficient (Wildman–Crippen LogP) is 3.83. The van der Waals surface area contributed by atoms with Crippen LogP contribution in [0.25, 0.3) is 10.9 Å². The normalized spacial score (nSPS) is 13.4. The first-order chi connectivity index (χ1) is 23.6. The van der Waals surface area contributed by atoms with E-state index < -0.39 is 24.0 Å². The summed E-state index contributed by atoms with van der Waals surface area (Å²) in [5, 5.41) is 4.99. The molecule has 1 aromatic heterocycles. The topological polar surface area (TPSA) is 139 Å². The van der Waals surface area contributed by atoms with Crippen LogP contribution in [0.1, 0.15) is 18.8 Å². The highest BCUT2D eigenvalue weighted by molar-refractivity contribution is 6.03. The first-order valence-corrected chi connectivity index (χ1v) is 15.5. The number of hydrogen-bond acceptors (Lipinski definition) is 9. The van der Waals surface area contributed by atoms with Gasteiger partial charge in [0.2, 0.25) is 5.91 Å². The first-order valence-electron chi connectivity index (χ1n) is 15.5. The van der Waals surface area contributed by atoms with Gasteiger partial charge in [-0.15, -0.1) is 0 Å². The third-order valence-electron chi connectivity index (χ3n) is 8.25. The Balaban J connectivity index is 1.56. The van der Waals surface area contributed by atoms with Gasteiger partial charge in [-0.2, -0.15) is 0 Å². The fourth-order valence-corrected chi connectivity index (χ4v) is 5.66. The van der Waals surface area contributed by atoms with Gasteiger partial charge >= 0.3 is 12.1 Å². The lowest BCUT2D eigenvalue weighted by molar-refractivity contribution is -0.132. The van der Waals surface area contributed by atoms with Gasteiger partial charge in [-0.25, -0.2) is 23.6 Å². The highest BCUT2D eigenvalue weighted by Gasteiger charge is 2.33. The summed E-state index contributed by atoms with van der Waals surface area (Å²) in [6.07, 6.45) is -0.624. The summed E-state index contributed by atoms with van der Waals surface area (Å²) in [5.41, 5.74) is 0.789. The zero-order chi connectivity index (χ0) is 35.2. The number of anilines is 2. The van der Waals surface area contributed by atoms with Gasteiger partial charge in [0.05, 0.1) is 57.1 Å². The van der Waals surface area contributed by atoms with Gasteiger partial charge in [0.25, 0.3) is 5.56 Å². The van der Waals surface area contributed by atoms with Gasteiger partial charge in [0, 0.05) is 31.9 Å². The van der Waals surface area contributed by atoms with Gasteiger partial charge in [-0.3, -0.25) is 14.5 Å². The summed E-state index contributed by atoms with van der Waals surface area (Å²) in [4.78, 5) is 62.3. The van der Waals surface area contributed by atoms with Crippen LogP contribution in [0.4, 0.5) is 25.4 Å². The lowest BCUT2D eigenvalue weighted by Crippen LogP contribution is -2.58. The molecule has 1 aliphatic rings. The van der Waals surface area contributed by atoms with Crippen molar-refractivity contribution in [3.63, 3.8) is 0 Å². The number of fused-ring (bicyclic) bond motifs is 1. The molecular formula is C34H38FN7O7. The van der Waals surface area contributed by atoms with Crippen LogP contribution in [0.3, 0.4) is 0 Å². The van der Waals surface area contributed by atoms with Gasteiger partial charge in [0.1, 0.15) is 23.9 Å². The maximum atomic E-state index is 14.2. The van der Waals surface area contributed by atoms with Gasteiger partial charge in [-0.1, -0.05) is 12.1 Å². The highest BCUT2D eigenvalue weighted by Crippen LogP contribution is 2.37. The Kier molecular flexibility index (Phi) is 10.5. The van der Waals surface area contributed by atoms with Crippen molar-refractivity contribution in [2.75, 3.05) is 76.3 Å². The fourth-order valence-electron chi connectivity index (χ4n) is 5.66. The Morgan fingerprint density at radius 2 is 1.65 bits per heavy atom. The van der Waals surface area contributed by atoms with E-state index in [1.54, 1.807) is 59.3 Å². The monoisotopic (exact) mass is 675 g/mol. The molecule has 4 aromatic rings. The Labute approximate surface area is 282 Å². The molecular weight excluding hydrogens is 637 g/mol. The van der Waals surface area contributed by atoms with Crippen LogP contribution in [-0.2, 0) is 9.53 Å². The van der Waals surface area contributed by atoms with E-state index >= 15 is 0 Å². The minimum Gasteiger partial charge on any atom is -0.497 e. The van der Waals surface area contributed by atoms with Crippen LogP contribution in [0.5, 0.6) is 11.5 Å². The molecule has 258 valence electrons. The summed E-state index contributed by atoms with van der Waals surface area (Å²) in [7, 11) is 5.70. The Hall–Kier alpha value is -5.86. The molecule has 49 heavy (non-hydrogen) atoms. The number of nitrogens with zero attached hydrogens (tertiary/aromatic N) is 6. The molecule has 5 rings (SSSR count). The minimum absolute atomic E-state index is 0.158. The molecule has 14 nitrogen and oxygen atoms in total. The van der Waals surface area contributed by atoms with E-state index in [2.05, 4.69) is 5.32 Å². The molecule has 0 saturated carbocycles. The summed E-state index contributed by atoms with van der Waals surface area (Å²) in [6, 6.07) is 15.8. The van der Waals surface area contributed by atoms with Crippen LogP contribution >= 0.6 is 0 Å². The van der Waals surface area contributed by atoms with Crippen LogP contribution in [0.15, 0.2) is 71.5 Å². The highest BCUT2D eigenvalue weighted by atomic mass is 19.1. The van der Waals surface area contributed by atoms with E-state index in [1.165, 1.54) is 67.1 Å². The molecule has 15 heteroatoms. The second-order valence-corrected chi connectivity index (χ2v) is 11.3. The second-order valence-electron chi connectivity index (χ2n) is 11.3. The molecule has 2 heterocycles. The molecule has 1 fully saturated rings. The van der Waals surface area contributed by atoms with Gasteiger partial charge in [0.15, 0.2) is 5.82 Å². The number of urea groups is 1. The first kappa shape index (κ1) is 34.5. The zero-order valence-electron chi connectivity index (χ0n) is 27.9. The number of nitrogens with one attached hydrogen (secondary N) is 1. The fraction of sp³-hybridized carbons (Fsp3) is 0.324. The lowest BCUT2D eigenvalue weighted by atomic mass is 10.1. The van der Waals surface area contributed by atoms with Gasteiger partial charge in [-0.05, 0) is 55.5 Å². The Morgan fingerprint density at radius 3 is 2.31 bits per heavy atom. The zero-order valence-corrected chi connectivity index (χ0v) is 27.9. The molecule has 3 aromatic carbocycles. The lowest BCUT2D eigenvalue weighted by Gasteiger charge is -2.39. The molecule has 1 atom stereocenters. The SMILES string of the molecule is COC(=O)N(C)CC(=O)N1CCN(n2c(C(C)N(C(=O)Nc3ccc(F)cc3)c3ccc(OC)cc3OC)nc3ccccc3c2=O)CC1. The number of hydrogen-bond donors (Lipinski definition) is 1. The number of aromatic nitrogens is 2. The van der Waals surface area contributed by atoms with Crippen molar-refractivity contribution in [3.05, 3.63) is 88.7 Å². The number of rotatable bonds is 9. The number of carbonyl (C=O) groups excluding carboxylic acids is 3. The number of piperazine rings is 1. The third kappa shape index (κ3) is 7.35. The van der Waals surface area contributed by atoms with E-state index in [4.69, 9.17) is 19.2 Å². The minimum atomic E-state index is -0.881. The number of amides is 4. The molecule has 0 bridgehead atoms. The van der Waals surface area contributed by atoms with Crippen molar-refractivity contribution >= 4 is 40.3 Å². The number of likely N-dealkylation sites (N-methyl/N-ethyl adjacent to an activating group) is 1. The van der Waals surface area contributed by atoms with Crippen molar-refractivity contribution in [2.45, 2.75) is 13.0 Å². The van der Waals surface area contributed by atoms with Crippen molar-refractivity contribution in [3.8, 4) is 11.5 Å². The average molecular weight is 676 g/mol. The summed E-state index contributed by atoms with van der Waals surface area (Å²) < 4.78 is 30.9. The van der Waals surface area contributed by atoms with Crippen molar-refractivity contribution < 1.29 is 33.0 Å². The molecule has 1 aliphatic heterocycles. The van der Waals surface area contributed by atoms with E-state index in [-0.39, 0.29) is 50.0 Å². The molecule has 0 aliphatic carbocycles. The molecule has 1 unspecified atom stereocenters. The summed E-state index contributed by atoms with van der Waals surface area (Å²) >= 11 is 0. The quantitative estimate of drug-likeness (QED) is 0.281. The Bertz CT molecular complexity index is 1890. The number of benzene rings is 3. The standard InChI is InChI=1S/C34H38FN7O7/c1-22(41(28-15-14-25(47-3)20-29(28)48-4)33(45)36-24-12-10-23(35)11-13-24)31-37-27-9-7-6-8-26(27)32(44)42(31)40-18-16-39(17-19-40)30(43)21-38(2)34(46)49-5/h6-15,20,22H,16-19,21H2,1-5H3,(H,36,45). The van der Waals surface area contributed by atoms with E-state index in [9.17, 15) is 23.6 Å². The van der Waals surface area contributed by atoms with E-state index in [0.29, 0.717) is 33.8 Å². The predicted molar refractivity (Wildman–Crippen MR) is 181 cm³/mol. The van der Waals surface area contributed by atoms with Crippen LogP contribution < -0.4 is 30.3 Å². The molecule has 4 amide bonds. The van der Waals surface area contributed by atoms with E-state index in [1.807, 2.05) is 0 Å². The number of ether oxygens (including phenoxy) is 3. The summed E-state index contributed by atoms with van der Waals surface area (Å²) in [6.45, 7) is 2.64. The summed E-state index contributed by atoms with van der Waals surface area (Å²) in [5.74, 6) is 0.348. The number of methoxy groups -OCH3 is 3. The average Bonchev–Trinajstić information content (AvgIpc) is 3.12. The van der Waals surface area contributed by atoms with Crippen molar-refractivity contribution in [1.29, 1.82) is 0 Å². The van der Waals surface area contributed by atoms with Crippen LogP contribution in [0.2, 0.25) is 0 Å². The van der Waals surface area contributed by atoms with Gasteiger partial charge < -0.3 is 34.3 Å². The number of halogens is 1. The smallest absolute Gasteiger partial charge is 0.409 e. The maximum absolute atomic E-state index is 14.2. The third-order valence-corrected chi connectivity index (χ3v) is 8.25. The Morgan fingerprint density at radius 1 is 0.959 bits per heavy atom. The van der Waals surface area contributed by atoms with Crippen LogP contribution in [0, 0.1) is 5.82 Å². The van der Waals surface area contributed by atoms with Crippen molar-refractivity contribution in [1.82, 2.24) is 19.5 Å². The molecule has 1 saturated heterocycles. The molecule has 0 spiro atoms. The molecule has 1 N–H and O–H groups in total. The number of para-hydroxylation sites is 1. The second kappa shape index (κ2) is 14.9. The van der Waals surface area contributed by atoms with Crippen LogP contribution in [-0.4, -0.2) is 98.6 Å².